The van der Waals surface area contributed by atoms with E-state index in [1.54, 1.807) is 6.20 Å². The molecule has 43 heavy (non-hydrogen) atoms. The van der Waals surface area contributed by atoms with Gasteiger partial charge in [0, 0.05) is 35.5 Å². The Hall–Kier alpha value is -3.28. The highest BCUT2D eigenvalue weighted by atomic mass is 35.5. The zero-order valence-corrected chi connectivity index (χ0v) is 25.5. The van der Waals surface area contributed by atoms with Crippen molar-refractivity contribution in [3.8, 4) is 23.1 Å². The molecule has 0 spiro atoms. The molecule has 3 atom stereocenters. The maximum Gasteiger partial charge on any atom is 0.319 e. The van der Waals surface area contributed by atoms with E-state index in [4.69, 9.17) is 26.1 Å². The van der Waals surface area contributed by atoms with Gasteiger partial charge in [-0.05, 0) is 70.7 Å². The van der Waals surface area contributed by atoms with Gasteiger partial charge in [0.1, 0.15) is 22.4 Å². The van der Waals surface area contributed by atoms with E-state index in [1.165, 1.54) is 7.11 Å². The highest BCUT2D eigenvalue weighted by Crippen LogP contribution is 2.48. The van der Waals surface area contributed by atoms with Crippen molar-refractivity contribution in [2.75, 3.05) is 45.3 Å². The Bertz CT molecular complexity index is 1700. The van der Waals surface area contributed by atoms with Crippen LogP contribution in [-0.4, -0.2) is 87.7 Å². The number of nitrogens with zero attached hydrogens (tertiary/aromatic N) is 6. The fourth-order valence-electron chi connectivity index (χ4n) is 7.67. The molecular formula is C31H37ClFN7O3. The average molecular weight is 610 g/mol. The molecule has 1 saturated carbocycles. The SMILES string of the molecule is COc1nc(-c2c(Cl)c(C)cc3[nH]ncc23)c(F)c2nc(OCC34CCC[C@H]3N(C)CCC4)nc(N3CCCC(O)C3)c12. The normalized spacial score (nSPS) is 24.6. The summed E-state index contributed by atoms with van der Waals surface area (Å²) in [6.45, 7) is 4.41. The van der Waals surface area contributed by atoms with Crippen LogP contribution in [0.15, 0.2) is 12.3 Å². The summed E-state index contributed by atoms with van der Waals surface area (Å²) >= 11 is 6.79. The van der Waals surface area contributed by atoms with E-state index in [0.29, 0.717) is 59.3 Å². The lowest BCUT2D eigenvalue weighted by Crippen LogP contribution is -2.50. The van der Waals surface area contributed by atoms with Crippen molar-refractivity contribution in [3.05, 3.63) is 28.7 Å². The van der Waals surface area contributed by atoms with Crippen LogP contribution < -0.4 is 14.4 Å². The number of anilines is 1. The predicted molar refractivity (Wildman–Crippen MR) is 164 cm³/mol. The minimum Gasteiger partial charge on any atom is -0.480 e. The van der Waals surface area contributed by atoms with Gasteiger partial charge >= 0.3 is 6.01 Å². The van der Waals surface area contributed by atoms with E-state index < -0.39 is 11.9 Å². The van der Waals surface area contributed by atoms with Crippen LogP contribution in [0.4, 0.5) is 10.2 Å². The summed E-state index contributed by atoms with van der Waals surface area (Å²) in [5, 5.41) is 19.0. The number of nitrogens with one attached hydrogen (secondary N) is 1. The lowest BCUT2D eigenvalue weighted by atomic mass is 9.76. The van der Waals surface area contributed by atoms with Gasteiger partial charge in [0.05, 0.1) is 36.6 Å². The number of ether oxygens (including phenoxy) is 2. The monoisotopic (exact) mass is 609 g/mol. The largest absolute Gasteiger partial charge is 0.480 e. The Balaban J connectivity index is 1.40. The molecule has 1 aliphatic carbocycles. The standard InChI is InChI=1S/C31H37ClFN7O3/c1-17-13-20-19(14-34-38-20)22(24(17)32)26-25(33)27-23(29(35-26)42-3)28(40-12-5-7-18(41)15-40)37-30(36-27)43-16-31-9-4-8-21(31)39(2)11-6-10-31/h13-14,18,21,41H,4-12,15-16H2,1-3H3,(H,34,38)/t18?,21-,31?/m1/s1. The van der Waals surface area contributed by atoms with Crippen molar-refractivity contribution in [1.82, 2.24) is 30.0 Å². The van der Waals surface area contributed by atoms with E-state index in [1.807, 2.05) is 17.9 Å². The number of pyridine rings is 1. The molecule has 10 nitrogen and oxygen atoms in total. The van der Waals surface area contributed by atoms with Crippen LogP contribution >= 0.6 is 11.6 Å². The van der Waals surface area contributed by atoms with Gasteiger partial charge < -0.3 is 24.4 Å². The van der Waals surface area contributed by atoms with Gasteiger partial charge in [-0.3, -0.25) is 5.10 Å². The molecule has 3 aliphatic rings. The van der Waals surface area contributed by atoms with Crippen molar-refractivity contribution in [3.63, 3.8) is 0 Å². The van der Waals surface area contributed by atoms with Crippen LogP contribution in [-0.2, 0) is 0 Å². The van der Waals surface area contributed by atoms with Gasteiger partial charge in [-0.15, -0.1) is 0 Å². The molecule has 228 valence electrons. The first-order valence-corrected chi connectivity index (χ1v) is 15.5. The Kier molecular flexibility index (Phi) is 7.30. The van der Waals surface area contributed by atoms with Crippen molar-refractivity contribution in [1.29, 1.82) is 0 Å². The topological polar surface area (TPSA) is 113 Å². The fourth-order valence-corrected chi connectivity index (χ4v) is 7.92. The van der Waals surface area contributed by atoms with Crippen molar-refractivity contribution in [2.45, 2.75) is 64.0 Å². The van der Waals surface area contributed by atoms with E-state index in [-0.39, 0.29) is 28.5 Å². The van der Waals surface area contributed by atoms with E-state index in [9.17, 15) is 5.11 Å². The number of methoxy groups -OCH3 is 1. The van der Waals surface area contributed by atoms with Crippen LogP contribution in [0.3, 0.4) is 0 Å². The smallest absolute Gasteiger partial charge is 0.319 e. The number of hydrogen-bond donors (Lipinski definition) is 2. The minimum atomic E-state index is -0.647. The van der Waals surface area contributed by atoms with Crippen LogP contribution in [0.2, 0.25) is 5.02 Å². The summed E-state index contributed by atoms with van der Waals surface area (Å²) < 4.78 is 29.1. The number of fused-ring (bicyclic) bond motifs is 3. The van der Waals surface area contributed by atoms with Crippen LogP contribution in [0.1, 0.15) is 50.5 Å². The quantitative estimate of drug-likeness (QED) is 0.301. The van der Waals surface area contributed by atoms with Gasteiger partial charge in [-0.25, -0.2) is 9.37 Å². The molecule has 0 radical (unpaired) electrons. The molecule has 3 fully saturated rings. The Morgan fingerprint density at radius 1 is 1.16 bits per heavy atom. The summed E-state index contributed by atoms with van der Waals surface area (Å²) in [6.07, 6.45) is 8.15. The molecule has 3 aromatic heterocycles. The second-order valence-corrected chi connectivity index (χ2v) is 12.8. The molecule has 0 amide bonds. The zero-order valence-electron chi connectivity index (χ0n) is 24.8. The molecule has 2 unspecified atom stereocenters. The molecule has 5 heterocycles. The molecule has 1 aromatic carbocycles. The number of aromatic nitrogens is 5. The second-order valence-electron chi connectivity index (χ2n) is 12.4. The third kappa shape index (κ3) is 4.76. The number of aliphatic hydroxyl groups excluding tert-OH is 1. The molecule has 2 aliphatic heterocycles. The second kappa shape index (κ2) is 11.0. The average Bonchev–Trinajstić information content (AvgIpc) is 3.65. The molecule has 7 rings (SSSR count). The minimum absolute atomic E-state index is 0.0158. The number of aromatic amines is 1. The summed E-state index contributed by atoms with van der Waals surface area (Å²) in [7, 11) is 3.69. The number of halogens is 2. The van der Waals surface area contributed by atoms with E-state index >= 15 is 4.39 Å². The van der Waals surface area contributed by atoms with Gasteiger partial charge in [-0.1, -0.05) is 18.0 Å². The van der Waals surface area contributed by atoms with E-state index in [0.717, 1.165) is 56.1 Å². The van der Waals surface area contributed by atoms with Gasteiger partial charge in [0.2, 0.25) is 5.88 Å². The number of aryl methyl sites for hydroxylation is 1. The number of likely N-dealkylation sites (tertiary alicyclic amines) is 1. The number of H-pyrrole nitrogens is 1. The molecular weight excluding hydrogens is 573 g/mol. The summed E-state index contributed by atoms with van der Waals surface area (Å²) in [5.41, 5.74) is 1.96. The van der Waals surface area contributed by atoms with Crippen molar-refractivity contribution < 1.29 is 19.0 Å². The van der Waals surface area contributed by atoms with Gasteiger partial charge in [0.25, 0.3) is 0 Å². The molecule has 4 aromatic rings. The molecule has 2 N–H and O–H groups in total. The number of hydrogen-bond acceptors (Lipinski definition) is 9. The first kappa shape index (κ1) is 28.5. The summed E-state index contributed by atoms with van der Waals surface area (Å²) in [4.78, 5) is 18.6. The Labute approximate surface area is 254 Å². The fraction of sp³-hybridized carbons (Fsp3) is 0.548. The maximum atomic E-state index is 16.9. The number of piperidine rings is 2. The number of rotatable bonds is 6. The van der Waals surface area contributed by atoms with Gasteiger partial charge in [-0.2, -0.15) is 15.1 Å². The lowest BCUT2D eigenvalue weighted by Gasteiger charge is -2.44. The number of benzene rings is 1. The maximum absolute atomic E-state index is 16.9. The third-order valence-corrected chi connectivity index (χ3v) is 10.3. The molecule has 12 heteroatoms. The highest BCUT2D eigenvalue weighted by molar-refractivity contribution is 6.35. The molecule has 0 bridgehead atoms. The first-order chi connectivity index (χ1) is 20.8. The predicted octanol–water partition coefficient (Wildman–Crippen LogP) is 5.28. The highest BCUT2D eigenvalue weighted by Gasteiger charge is 2.47. The van der Waals surface area contributed by atoms with Gasteiger partial charge in [0.15, 0.2) is 5.82 Å². The third-order valence-electron chi connectivity index (χ3n) is 9.77. The van der Waals surface area contributed by atoms with Crippen LogP contribution in [0.5, 0.6) is 11.9 Å². The van der Waals surface area contributed by atoms with Crippen LogP contribution in [0, 0.1) is 18.2 Å². The summed E-state index contributed by atoms with van der Waals surface area (Å²) in [5.74, 6) is -0.0321. The van der Waals surface area contributed by atoms with E-state index in [2.05, 4.69) is 32.1 Å². The van der Waals surface area contributed by atoms with Crippen molar-refractivity contribution >= 4 is 39.2 Å². The van der Waals surface area contributed by atoms with Crippen LogP contribution in [0.25, 0.3) is 33.1 Å². The molecule has 2 saturated heterocycles. The number of β-amino-alcohol motifs (C(OH)–C–C–N with tert-alkyl or cyclic N) is 1. The number of aliphatic hydroxyl groups is 1. The lowest BCUT2D eigenvalue weighted by molar-refractivity contribution is 0.0133. The first-order valence-electron chi connectivity index (χ1n) is 15.1. The Morgan fingerprint density at radius 2 is 2.00 bits per heavy atom. The van der Waals surface area contributed by atoms with Crippen molar-refractivity contribution in [2.24, 2.45) is 5.41 Å². The summed E-state index contributed by atoms with van der Waals surface area (Å²) in [6, 6.07) is 2.43. The Morgan fingerprint density at radius 3 is 2.81 bits per heavy atom. The zero-order chi connectivity index (χ0) is 29.9.